The highest BCUT2D eigenvalue weighted by molar-refractivity contribution is 5.10. The van der Waals surface area contributed by atoms with Crippen LogP contribution in [0.1, 0.15) is 25.5 Å². The van der Waals surface area contributed by atoms with Crippen molar-refractivity contribution >= 4 is 0 Å². The first kappa shape index (κ1) is 13.1. The smallest absolute Gasteiger partial charge is 0.434 e. The summed E-state index contributed by atoms with van der Waals surface area (Å²) < 4.78 is 42.1. The van der Waals surface area contributed by atoms with Gasteiger partial charge in [-0.2, -0.15) is 13.2 Å². The van der Waals surface area contributed by atoms with E-state index in [-0.39, 0.29) is 11.4 Å². The fourth-order valence-electron chi connectivity index (χ4n) is 1.85. The molecule has 7 heteroatoms. The lowest BCUT2D eigenvalue weighted by Gasteiger charge is -2.23. The van der Waals surface area contributed by atoms with Crippen molar-refractivity contribution in [2.45, 2.75) is 31.5 Å². The van der Waals surface area contributed by atoms with Crippen molar-refractivity contribution in [2.24, 2.45) is 0 Å². The molecular weight excluding hydrogens is 247 g/mol. The van der Waals surface area contributed by atoms with E-state index in [1.807, 2.05) is 6.92 Å². The first-order chi connectivity index (χ1) is 8.39. The molecule has 0 radical (unpaired) electrons. The van der Waals surface area contributed by atoms with E-state index in [1.165, 1.54) is 0 Å². The maximum atomic E-state index is 12.3. The van der Waals surface area contributed by atoms with Crippen LogP contribution >= 0.6 is 0 Å². The normalized spacial score (nSPS) is 24.2. The van der Waals surface area contributed by atoms with Crippen molar-refractivity contribution in [3.05, 3.63) is 18.1 Å². The molecule has 0 saturated carbocycles. The van der Waals surface area contributed by atoms with Crippen molar-refractivity contribution in [1.82, 2.24) is 15.3 Å². The van der Waals surface area contributed by atoms with Crippen molar-refractivity contribution in [2.75, 3.05) is 13.2 Å². The van der Waals surface area contributed by atoms with Crippen LogP contribution in [0.2, 0.25) is 0 Å². The van der Waals surface area contributed by atoms with Crippen molar-refractivity contribution in [3.63, 3.8) is 0 Å². The molecule has 0 aromatic carbocycles. The van der Waals surface area contributed by atoms with Gasteiger partial charge in [0.2, 0.25) is 5.88 Å². The molecule has 1 atom stereocenters. The fraction of sp³-hybridized carbons (Fsp3) is 0.636. The van der Waals surface area contributed by atoms with E-state index < -0.39 is 11.9 Å². The SMILES string of the molecule is C[C@@]1(COc2cnc(C(F)(F)F)cn2)CCCN1. The summed E-state index contributed by atoms with van der Waals surface area (Å²) in [6.45, 7) is 3.31. The molecule has 1 aliphatic rings. The Labute approximate surface area is 103 Å². The predicted molar refractivity (Wildman–Crippen MR) is 58.2 cm³/mol. The Hall–Kier alpha value is -1.37. The van der Waals surface area contributed by atoms with E-state index >= 15 is 0 Å². The molecule has 1 aromatic heterocycles. The van der Waals surface area contributed by atoms with Crippen molar-refractivity contribution < 1.29 is 17.9 Å². The van der Waals surface area contributed by atoms with Gasteiger partial charge in [-0.05, 0) is 26.3 Å². The highest BCUT2D eigenvalue weighted by Crippen LogP contribution is 2.27. The molecule has 1 fully saturated rings. The van der Waals surface area contributed by atoms with Crippen LogP contribution in [0.15, 0.2) is 12.4 Å². The number of nitrogens with zero attached hydrogens (tertiary/aromatic N) is 2. The van der Waals surface area contributed by atoms with Gasteiger partial charge >= 0.3 is 6.18 Å². The van der Waals surface area contributed by atoms with Gasteiger partial charge in [0, 0.05) is 5.54 Å². The second-order valence-corrected chi connectivity index (χ2v) is 4.62. The third-order valence-corrected chi connectivity index (χ3v) is 2.91. The van der Waals surface area contributed by atoms with Crippen LogP contribution in [-0.2, 0) is 6.18 Å². The first-order valence-corrected chi connectivity index (χ1v) is 5.66. The zero-order valence-electron chi connectivity index (χ0n) is 9.92. The Kier molecular flexibility index (Phi) is 3.43. The lowest BCUT2D eigenvalue weighted by molar-refractivity contribution is -0.141. The lowest BCUT2D eigenvalue weighted by Crippen LogP contribution is -2.42. The van der Waals surface area contributed by atoms with Crippen molar-refractivity contribution in [1.29, 1.82) is 0 Å². The van der Waals surface area contributed by atoms with Gasteiger partial charge in [-0.3, -0.25) is 0 Å². The minimum Gasteiger partial charge on any atom is -0.475 e. The number of alkyl halides is 3. The molecule has 4 nitrogen and oxygen atoms in total. The summed E-state index contributed by atoms with van der Waals surface area (Å²) in [7, 11) is 0. The molecule has 0 amide bonds. The van der Waals surface area contributed by atoms with Crippen LogP contribution in [0.25, 0.3) is 0 Å². The van der Waals surface area contributed by atoms with Crippen molar-refractivity contribution in [3.8, 4) is 5.88 Å². The van der Waals surface area contributed by atoms with Gasteiger partial charge in [0.05, 0.1) is 12.4 Å². The molecule has 2 rings (SSSR count). The van der Waals surface area contributed by atoms with Crippen LogP contribution in [0, 0.1) is 0 Å². The average molecular weight is 261 g/mol. The highest BCUT2D eigenvalue weighted by Gasteiger charge is 2.33. The standard InChI is InChI=1S/C11H14F3N3O/c1-10(3-2-4-17-10)7-18-9-6-15-8(5-16-9)11(12,13)14/h5-6,17H,2-4,7H2,1H3/t10-/m0/s1. The monoisotopic (exact) mass is 261 g/mol. The molecule has 1 N–H and O–H groups in total. The second-order valence-electron chi connectivity index (χ2n) is 4.62. The minimum absolute atomic E-state index is 0.109. The molecule has 0 aliphatic carbocycles. The number of hydrogen-bond donors (Lipinski definition) is 1. The third kappa shape index (κ3) is 3.10. The Morgan fingerprint density at radius 2 is 2.17 bits per heavy atom. The topological polar surface area (TPSA) is 47.0 Å². The zero-order valence-corrected chi connectivity index (χ0v) is 9.92. The Balaban J connectivity index is 1.94. The van der Waals surface area contributed by atoms with Gasteiger partial charge in [-0.15, -0.1) is 0 Å². The molecule has 18 heavy (non-hydrogen) atoms. The van der Waals surface area contributed by atoms with Crippen LogP contribution in [0.3, 0.4) is 0 Å². The molecule has 100 valence electrons. The van der Waals surface area contributed by atoms with Crippen LogP contribution in [0.5, 0.6) is 5.88 Å². The molecule has 1 aliphatic heterocycles. The predicted octanol–water partition coefficient (Wildman–Crippen LogP) is 2.02. The van der Waals surface area contributed by atoms with Gasteiger partial charge < -0.3 is 10.1 Å². The number of halogens is 3. The summed E-state index contributed by atoms with van der Waals surface area (Å²) in [6, 6.07) is 0. The molecule has 2 heterocycles. The highest BCUT2D eigenvalue weighted by atomic mass is 19.4. The summed E-state index contributed by atoms with van der Waals surface area (Å²) in [4.78, 5) is 6.89. The number of aromatic nitrogens is 2. The number of rotatable bonds is 3. The molecule has 0 unspecified atom stereocenters. The van der Waals surface area contributed by atoms with Gasteiger partial charge in [0.1, 0.15) is 6.61 Å². The maximum Gasteiger partial charge on any atom is 0.434 e. The number of ether oxygens (including phenoxy) is 1. The Morgan fingerprint density at radius 3 is 2.67 bits per heavy atom. The Morgan fingerprint density at radius 1 is 1.39 bits per heavy atom. The molecule has 0 bridgehead atoms. The molecule has 1 aromatic rings. The summed E-state index contributed by atoms with van der Waals surface area (Å²) in [5, 5.41) is 3.29. The van der Waals surface area contributed by atoms with E-state index in [4.69, 9.17) is 4.74 Å². The number of hydrogen-bond acceptors (Lipinski definition) is 4. The first-order valence-electron chi connectivity index (χ1n) is 5.66. The van der Waals surface area contributed by atoms with Gasteiger partial charge in [-0.1, -0.05) is 0 Å². The van der Waals surface area contributed by atoms with Crippen LogP contribution < -0.4 is 10.1 Å². The number of nitrogens with one attached hydrogen (secondary N) is 1. The van der Waals surface area contributed by atoms with Crippen LogP contribution in [0.4, 0.5) is 13.2 Å². The van der Waals surface area contributed by atoms with E-state index in [0.29, 0.717) is 12.8 Å². The lowest BCUT2D eigenvalue weighted by atomic mass is 10.0. The van der Waals surface area contributed by atoms with E-state index in [2.05, 4.69) is 15.3 Å². The second kappa shape index (κ2) is 4.72. The summed E-state index contributed by atoms with van der Waals surface area (Å²) in [6.07, 6.45) is -0.745. The zero-order chi connectivity index (χ0) is 13.2. The van der Waals surface area contributed by atoms with Gasteiger partial charge in [0.15, 0.2) is 5.69 Å². The van der Waals surface area contributed by atoms with E-state index in [9.17, 15) is 13.2 Å². The summed E-state index contributed by atoms with van der Waals surface area (Å²) in [5.74, 6) is 0.109. The fourth-order valence-corrected chi connectivity index (χ4v) is 1.85. The van der Waals surface area contributed by atoms with Gasteiger partial charge in [-0.25, -0.2) is 9.97 Å². The van der Waals surface area contributed by atoms with Gasteiger partial charge in [0.25, 0.3) is 0 Å². The minimum atomic E-state index is -4.47. The molecular formula is C11H14F3N3O. The quantitative estimate of drug-likeness (QED) is 0.904. The largest absolute Gasteiger partial charge is 0.475 e. The van der Waals surface area contributed by atoms with E-state index in [1.54, 1.807) is 0 Å². The third-order valence-electron chi connectivity index (χ3n) is 2.91. The van der Waals surface area contributed by atoms with Crippen LogP contribution in [-0.4, -0.2) is 28.7 Å². The molecule has 1 saturated heterocycles. The summed E-state index contributed by atoms with van der Waals surface area (Å²) >= 11 is 0. The molecule has 0 spiro atoms. The van der Waals surface area contributed by atoms with E-state index in [0.717, 1.165) is 25.6 Å². The average Bonchev–Trinajstić information content (AvgIpc) is 2.74. The Bertz CT molecular complexity index is 399. The maximum absolute atomic E-state index is 12.3. The summed E-state index contributed by atoms with van der Waals surface area (Å²) in [5.41, 5.74) is -1.15.